The minimum atomic E-state index is -0.888. The zero-order valence-electron chi connectivity index (χ0n) is 10.9. The second-order valence-electron chi connectivity index (χ2n) is 3.66. The maximum absolute atomic E-state index is 11.1. The molecule has 0 heterocycles. The molecule has 0 aromatic rings. The fourth-order valence-corrected chi connectivity index (χ4v) is 1.36. The molecular formula is C12H24O3. The molecule has 2 unspecified atom stereocenters. The summed E-state index contributed by atoms with van der Waals surface area (Å²) in [5, 5.41) is 9.58. The van der Waals surface area contributed by atoms with Gasteiger partial charge in [0.05, 0.1) is 19.1 Å². The highest BCUT2D eigenvalue weighted by atomic mass is 16.5. The number of hydrogen-bond acceptors (Lipinski definition) is 3. The quantitative estimate of drug-likeness (QED) is 0.477. The Morgan fingerprint density at radius 1 is 1.33 bits per heavy atom. The Hall–Kier alpha value is -0.570. The third kappa shape index (κ3) is 9.73. The molecule has 2 atom stereocenters. The van der Waals surface area contributed by atoms with Crippen LogP contribution in [0.1, 0.15) is 60.1 Å². The first-order chi connectivity index (χ1) is 7.61. The third-order valence-electron chi connectivity index (χ3n) is 2.18. The van der Waals surface area contributed by atoms with Crippen molar-refractivity contribution < 1.29 is 16.0 Å². The van der Waals surface area contributed by atoms with Crippen LogP contribution in [0.15, 0.2) is 0 Å². The van der Waals surface area contributed by atoms with Gasteiger partial charge in [0.15, 0.2) is 0 Å². The van der Waals surface area contributed by atoms with Gasteiger partial charge in [0, 0.05) is 1.37 Å². The van der Waals surface area contributed by atoms with Crippen LogP contribution in [-0.2, 0) is 9.53 Å². The second kappa shape index (κ2) is 9.97. The highest BCUT2D eigenvalue weighted by Crippen LogP contribution is 2.09. The van der Waals surface area contributed by atoms with Gasteiger partial charge in [-0.3, -0.25) is 4.79 Å². The molecule has 0 amide bonds. The Kier molecular flexibility index (Phi) is 8.30. The van der Waals surface area contributed by atoms with E-state index in [0.717, 1.165) is 19.3 Å². The van der Waals surface area contributed by atoms with E-state index in [1.54, 1.807) is 6.92 Å². The van der Waals surface area contributed by atoms with Crippen molar-refractivity contribution in [3.63, 3.8) is 0 Å². The Morgan fingerprint density at radius 2 is 2.00 bits per heavy atom. The van der Waals surface area contributed by atoms with Crippen molar-refractivity contribution in [1.29, 1.82) is 0 Å². The largest absolute Gasteiger partial charge is 0.466 e. The van der Waals surface area contributed by atoms with Crippen molar-refractivity contribution in [1.82, 2.24) is 0 Å². The summed E-state index contributed by atoms with van der Waals surface area (Å²) in [5.74, 6) is -0.416. The van der Waals surface area contributed by atoms with Crippen molar-refractivity contribution in [2.24, 2.45) is 0 Å². The first-order valence-electron chi connectivity index (χ1n) is 6.45. The summed E-state index contributed by atoms with van der Waals surface area (Å²) in [4.78, 5) is 11.1. The number of aliphatic hydroxyl groups is 1. The van der Waals surface area contributed by atoms with Gasteiger partial charge in [-0.15, -0.1) is 0 Å². The van der Waals surface area contributed by atoms with E-state index in [4.69, 9.17) is 6.11 Å². The van der Waals surface area contributed by atoms with Crippen molar-refractivity contribution in [3.05, 3.63) is 0 Å². The maximum Gasteiger partial charge on any atom is 0.308 e. The molecule has 0 bridgehead atoms. The molecule has 0 aliphatic heterocycles. The lowest BCUT2D eigenvalue weighted by molar-refractivity contribution is -0.145. The molecule has 0 aromatic carbocycles. The van der Waals surface area contributed by atoms with Crippen LogP contribution in [-0.4, -0.2) is 23.8 Å². The predicted octanol–water partition coefficient (Wildman–Crippen LogP) is 2.66. The topological polar surface area (TPSA) is 46.5 Å². The zero-order chi connectivity index (χ0) is 12.4. The molecule has 0 spiro atoms. The first-order valence-corrected chi connectivity index (χ1v) is 5.87. The monoisotopic (exact) mass is 217 g/mol. The van der Waals surface area contributed by atoms with Crippen LogP contribution in [0.3, 0.4) is 0 Å². The average molecular weight is 217 g/mol. The summed E-state index contributed by atoms with van der Waals surface area (Å²) in [6, 6.07) is 0. The van der Waals surface area contributed by atoms with Gasteiger partial charge in [-0.05, 0) is 13.3 Å². The smallest absolute Gasteiger partial charge is 0.308 e. The Morgan fingerprint density at radius 3 is 2.60 bits per heavy atom. The summed E-state index contributed by atoms with van der Waals surface area (Å²) >= 11 is 0. The van der Waals surface area contributed by atoms with Gasteiger partial charge >= 0.3 is 5.97 Å². The van der Waals surface area contributed by atoms with E-state index in [1.807, 2.05) is 0 Å². The number of aliphatic hydroxyl groups excluding tert-OH is 1. The van der Waals surface area contributed by atoms with Gasteiger partial charge in [0.25, 0.3) is 0 Å². The minimum absolute atomic E-state index is 0.0597. The molecular weight excluding hydrogens is 192 g/mol. The van der Waals surface area contributed by atoms with E-state index in [1.165, 1.54) is 6.42 Å². The second-order valence-corrected chi connectivity index (χ2v) is 3.66. The molecule has 3 heteroatoms. The van der Waals surface area contributed by atoms with Crippen LogP contribution in [0.5, 0.6) is 0 Å². The Bertz CT molecular complexity index is 185. The van der Waals surface area contributed by atoms with Crippen molar-refractivity contribution in [2.75, 3.05) is 6.61 Å². The van der Waals surface area contributed by atoms with E-state index in [9.17, 15) is 9.90 Å². The summed E-state index contributed by atoms with van der Waals surface area (Å²) in [5.41, 5.74) is 0. The lowest BCUT2D eigenvalue weighted by Crippen LogP contribution is -2.15. The molecule has 0 aliphatic carbocycles. The standard InChI is InChI=1S/C12H24O3/c1-3-5-6-7-8-9-11(13)10-12(14)15-4-2/h11,13H,3-10H2,1-2H3/i9D. The first kappa shape index (κ1) is 12.5. The third-order valence-corrected chi connectivity index (χ3v) is 2.18. The fraction of sp³-hybridized carbons (Fsp3) is 0.917. The van der Waals surface area contributed by atoms with Crippen LogP contribution in [0.2, 0.25) is 0 Å². The molecule has 0 saturated carbocycles. The van der Waals surface area contributed by atoms with Gasteiger partial charge in [0.1, 0.15) is 0 Å². The number of carbonyl (C=O) groups is 1. The highest BCUT2D eigenvalue weighted by Gasteiger charge is 2.10. The molecule has 0 aromatic heterocycles. The summed E-state index contributed by atoms with van der Waals surface area (Å²) in [6.07, 6.45) is 3.51. The molecule has 0 saturated heterocycles. The summed E-state index contributed by atoms with van der Waals surface area (Å²) in [6.45, 7) is 4.19. The molecule has 15 heavy (non-hydrogen) atoms. The fourth-order valence-electron chi connectivity index (χ4n) is 1.36. The number of carbonyl (C=O) groups excluding carboxylic acids is 1. The predicted molar refractivity (Wildman–Crippen MR) is 60.6 cm³/mol. The normalized spacial score (nSPS) is 15.5. The summed E-state index contributed by atoms with van der Waals surface area (Å²) in [7, 11) is 0. The molecule has 0 rings (SSSR count). The van der Waals surface area contributed by atoms with Crippen LogP contribution in [0.4, 0.5) is 0 Å². The number of unbranched alkanes of at least 4 members (excludes halogenated alkanes) is 3. The molecule has 0 fully saturated rings. The number of hydrogen-bond donors (Lipinski definition) is 1. The molecule has 0 radical (unpaired) electrons. The van der Waals surface area contributed by atoms with Gasteiger partial charge in [-0.25, -0.2) is 0 Å². The molecule has 90 valence electrons. The summed E-state index contributed by atoms with van der Waals surface area (Å²) < 4.78 is 12.4. The average Bonchev–Trinajstić information content (AvgIpc) is 2.24. The van der Waals surface area contributed by atoms with Gasteiger partial charge in [0.2, 0.25) is 0 Å². The molecule has 0 aliphatic rings. The Labute approximate surface area is 94.2 Å². The lowest BCUT2D eigenvalue weighted by atomic mass is 10.1. The van der Waals surface area contributed by atoms with E-state index >= 15 is 0 Å². The number of esters is 1. The molecule has 1 N–H and O–H groups in total. The van der Waals surface area contributed by atoms with Crippen molar-refractivity contribution >= 4 is 5.97 Å². The van der Waals surface area contributed by atoms with Crippen molar-refractivity contribution in [3.8, 4) is 0 Å². The maximum atomic E-state index is 11.1. The van der Waals surface area contributed by atoms with Crippen LogP contribution >= 0.6 is 0 Å². The number of rotatable bonds is 9. The van der Waals surface area contributed by atoms with Crippen LogP contribution in [0.25, 0.3) is 0 Å². The van der Waals surface area contributed by atoms with Gasteiger partial charge < -0.3 is 9.84 Å². The minimum Gasteiger partial charge on any atom is -0.466 e. The lowest BCUT2D eigenvalue weighted by Gasteiger charge is -2.09. The van der Waals surface area contributed by atoms with Crippen molar-refractivity contribution in [2.45, 2.75) is 64.9 Å². The van der Waals surface area contributed by atoms with E-state index < -0.39 is 18.5 Å². The van der Waals surface area contributed by atoms with Crippen LogP contribution < -0.4 is 0 Å². The van der Waals surface area contributed by atoms with E-state index in [-0.39, 0.29) is 6.42 Å². The Balaban J connectivity index is 3.63. The highest BCUT2D eigenvalue weighted by molar-refractivity contribution is 5.69. The number of ether oxygens (including phenoxy) is 1. The van der Waals surface area contributed by atoms with E-state index in [2.05, 4.69) is 6.92 Å². The zero-order valence-corrected chi connectivity index (χ0v) is 9.87. The van der Waals surface area contributed by atoms with E-state index in [0.29, 0.717) is 13.0 Å². The van der Waals surface area contributed by atoms with Gasteiger partial charge in [-0.2, -0.15) is 0 Å². The SMILES string of the molecule is [2H]C(CCCCCC)C(O)CC(=O)OCC. The molecule has 3 nitrogen and oxygen atoms in total. The van der Waals surface area contributed by atoms with Crippen LogP contribution in [0, 0.1) is 0 Å². The van der Waals surface area contributed by atoms with Gasteiger partial charge in [-0.1, -0.05) is 39.0 Å².